The highest BCUT2D eigenvalue weighted by Crippen LogP contribution is 2.28. The minimum Gasteiger partial charge on any atom is -0.326 e. The van der Waals surface area contributed by atoms with Crippen LogP contribution in [-0.4, -0.2) is 17.9 Å². The number of nitrogens with zero attached hydrogens (tertiary/aromatic N) is 1. The monoisotopic (exact) mass is 379 g/mol. The first-order chi connectivity index (χ1) is 13.2. The van der Waals surface area contributed by atoms with Crippen molar-refractivity contribution in [2.24, 2.45) is 11.1 Å². The number of hydrogen-bond acceptors (Lipinski definition) is 3. The largest absolute Gasteiger partial charge is 0.326 e. The van der Waals surface area contributed by atoms with Gasteiger partial charge in [-0.05, 0) is 47.6 Å². The maximum absolute atomic E-state index is 12.9. The Kier molecular flexibility index (Phi) is 5.84. The zero-order chi connectivity index (χ0) is 20.3. The molecule has 1 unspecified atom stereocenters. The van der Waals surface area contributed by atoms with Crippen LogP contribution in [0.5, 0.6) is 0 Å². The summed E-state index contributed by atoms with van der Waals surface area (Å²) in [7, 11) is 0. The average molecular weight is 380 g/mol. The van der Waals surface area contributed by atoms with Crippen LogP contribution in [0.4, 0.5) is 11.4 Å². The van der Waals surface area contributed by atoms with Gasteiger partial charge in [-0.3, -0.25) is 9.59 Å². The average Bonchev–Trinajstić information content (AvgIpc) is 2.73. The summed E-state index contributed by atoms with van der Waals surface area (Å²) in [6.45, 7) is 6.53. The number of rotatable bonds is 4. The molecule has 0 fully saturated rings. The van der Waals surface area contributed by atoms with Crippen molar-refractivity contribution < 1.29 is 9.59 Å². The number of para-hydroxylation sites is 1. The van der Waals surface area contributed by atoms with Crippen molar-refractivity contribution in [2.75, 3.05) is 10.2 Å². The summed E-state index contributed by atoms with van der Waals surface area (Å²) in [5.41, 5.74) is 9.79. The van der Waals surface area contributed by atoms with Gasteiger partial charge in [-0.15, -0.1) is 0 Å². The minimum absolute atomic E-state index is 0.0112. The van der Waals surface area contributed by atoms with Crippen LogP contribution in [0.1, 0.15) is 44.7 Å². The maximum atomic E-state index is 12.9. The molecule has 1 aliphatic heterocycles. The fraction of sp³-hybridized carbons (Fsp3) is 0.391. The Balaban J connectivity index is 1.81. The number of benzene rings is 2. The number of aryl methyl sites for hydroxylation is 1. The Bertz CT molecular complexity index is 870. The van der Waals surface area contributed by atoms with E-state index in [-0.39, 0.29) is 17.2 Å². The summed E-state index contributed by atoms with van der Waals surface area (Å²) < 4.78 is 0. The second kappa shape index (κ2) is 8.15. The molecule has 2 amide bonds. The third kappa shape index (κ3) is 4.98. The third-order valence-corrected chi connectivity index (χ3v) is 4.83. The van der Waals surface area contributed by atoms with Crippen molar-refractivity contribution in [3.63, 3.8) is 0 Å². The fourth-order valence-corrected chi connectivity index (χ4v) is 3.52. The van der Waals surface area contributed by atoms with Crippen LogP contribution in [0, 0.1) is 5.41 Å². The molecule has 0 aliphatic carbocycles. The van der Waals surface area contributed by atoms with Crippen molar-refractivity contribution in [1.29, 1.82) is 0 Å². The molecule has 0 radical (unpaired) electrons. The van der Waals surface area contributed by atoms with Gasteiger partial charge in [0.25, 0.3) is 0 Å². The molecular formula is C23H29N3O2. The molecule has 1 heterocycles. The highest BCUT2D eigenvalue weighted by Gasteiger charge is 2.27. The van der Waals surface area contributed by atoms with E-state index in [9.17, 15) is 9.59 Å². The predicted octanol–water partition coefficient (Wildman–Crippen LogP) is 3.87. The van der Waals surface area contributed by atoms with Crippen molar-refractivity contribution in [2.45, 2.75) is 52.6 Å². The molecule has 5 nitrogen and oxygen atoms in total. The molecule has 28 heavy (non-hydrogen) atoms. The number of anilines is 2. The van der Waals surface area contributed by atoms with Crippen molar-refractivity contribution in [3.05, 3.63) is 59.7 Å². The zero-order valence-electron chi connectivity index (χ0n) is 16.9. The first-order valence-electron chi connectivity index (χ1n) is 9.76. The van der Waals surface area contributed by atoms with Crippen molar-refractivity contribution in [1.82, 2.24) is 0 Å². The quantitative estimate of drug-likeness (QED) is 0.847. The van der Waals surface area contributed by atoms with Crippen LogP contribution in [0.15, 0.2) is 48.5 Å². The first kappa shape index (κ1) is 20.1. The van der Waals surface area contributed by atoms with Crippen LogP contribution in [0.2, 0.25) is 0 Å². The maximum Gasteiger partial charge on any atom is 0.244 e. The molecule has 0 saturated heterocycles. The Morgan fingerprint density at radius 1 is 1.18 bits per heavy atom. The number of nitrogens with two attached hydrogens (primary N) is 1. The van der Waals surface area contributed by atoms with Gasteiger partial charge in [-0.25, -0.2) is 0 Å². The molecule has 3 N–H and O–H groups in total. The molecule has 3 rings (SSSR count). The van der Waals surface area contributed by atoms with Crippen molar-refractivity contribution in [3.8, 4) is 0 Å². The summed E-state index contributed by atoms with van der Waals surface area (Å²) in [5.74, 6) is -0.0741. The van der Waals surface area contributed by atoms with Crippen molar-refractivity contribution >= 4 is 23.2 Å². The summed E-state index contributed by atoms with van der Waals surface area (Å²) in [6, 6.07) is 15.1. The summed E-state index contributed by atoms with van der Waals surface area (Å²) in [6.07, 6.45) is 1.89. The van der Waals surface area contributed by atoms with Gasteiger partial charge in [0.2, 0.25) is 11.8 Å². The number of fused-ring (bicyclic) bond motifs is 1. The lowest BCUT2D eigenvalue weighted by Crippen LogP contribution is -2.42. The topological polar surface area (TPSA) is 75.4 Å². The SMILES string of the molecule is CC(C)(C)CC(=O)Nc1cccc(CN2C(=O)C(N)CCc3ccccc32)c1. The number of carbonyl (C=O) groups is 2. The molecule has 0 bridgehead atoms. The number of amides is 2. The lowest BCUT2D eigenvalue weighted by atomic mass is 9.92. The third-order valence-electron chi connectivity index (χ3n) is 4.83. The molecule has 1 aliphatic rings. The highest BCUT2D eigenvalue weighted by molar-refractivity contribution is 5.98. The molecule has 0 saturated carbocycles. The normalized spacial score (nSPS) is 17.1. The smallest absolute Gasteiger partial charge is 0.244 e. The lowest BCUT2D eigenvalue weighted by Gasteiger charge is -2.25. The van der Waals surface area contributed by atoms with Gasteiger partial charge >= 0.3 is 0 Å². The molecule has 2 aromatic carbocycles. The van der Waals surface area contributed by atoms with Gasteiger partial charge in [0.05, 0.1) is 12.6 Å². The Morgan fingerprint density at radius 2 is 1.93 bits per heavy atom. The first-order valence-corrected chi connectivity index (χ1v) is 9.76. The van der Waals surface area contributed by atoms with Gasteiger partial charge in [-0.2, -0.15) is 0 Å². The number of nitrogens with one attached hydrogen (secondary N) is 1. The fourth-order valence-electron chi connectivity index (χ4n) is 3.52. The van der Waals surface area contributed by atoms with E-state index in [1.807, 2.05) is 63.2 Å². The van der Waals surface area contributed by atoms with E-state index in [4.69, 9.17) is 5.73 Å². The molecular weight excluding hydrogens is 350 g/mol. The van der Waals surface area contributed by atoms with Gasteiger partial charge in [-0.1, -0.05) is 51.1 Å². The molecule has 0 aromatic heterocycles. The van der Waals surface area contributed by atoms with Gasteiger partial charge in [0.15, 0.2) is 0 Å². The highest BCUT2D eigenvalue weighted by atomic mass is 16.2. The number of hydrogen-bond donors (Lipinski definition) is 2. The molecule has 1 atom stereocenters. The van der Waals surface area contributed by atoms with Gasteiger partial charge in [0, 0.05) is 17.8 Å². The van der Waals surface area contributed by atoms with E-state index in [0.29, 0.717) is 19.4 Å². The van der Waals surface area contributed by atoms with E-state index in [1.54, 1.807) is 4.90 Å². The van der Waals surface area contributed by atoms with Gasteiger partial charge in [0.1, 0.15) is 0 Å². The Labute approximate surface area is 166 Å². The second-order valence-corrected chi connectivity index (χ2v) is 8.68. The minimum atomic E-state index is -0.498. The standard InChI is InChI=1S/C23H29N3O2/c1-23(2,3)14-21(27)25-18-9-6-7-16(13-18)15-26-20-10-5-4-8-17(20)11-12-19(24)22(26)28/h4-10,13,19H,11-12,14-15,24H2,1-3H3,(H,25,27). The van der Waals surface area contributed by atoms with E-state index in [1.165, 1.54) is 0 Å². The summed E-state index contributed by atoms with van der Waals surface area (Å²) in [4.78, 5) is 26.9. The Morgan fingerprint density at radius 3 is 2.68 bits per heavy atom. The predicted molar refractivity (Wildman–Crippen MR) is 113 cm³/mol. The van der Waals surface area contributed by atoms with Gasteiger partial charge < -0.3 is 16.0 Å². The van der Waals surface area contributed by atoms with Crippen LogP contribution in [0.3, 0.4) is 0 Å². The number of carbonyl (C=O) groups excluding carboxylic acids is 2. The Hall–Kier alpha value is -2.66. The van der Waals surface area contributed by atoms with Crippen LogP contribution in [0.25, 0.3) is 0 Å². The van der Waals surface area contributed by atoms with E-state index in [2.05, 4.69) is 11.4 Å². The summed E-state index contributed by atoms with van der Waals surface area (Å²) >= 11 is 0. The second-order valence-electron chi connectivity index (χ2n) is 8.68. The van der Waals surface area contributed by atoms with E-state index in [0.717, 1.165) is 28.9 Å². The molecule has 5 heteroatoms. The zero-order valence-corrected chi connectivity index (χ0v) is 16.9. The molecule has 0 spiro atoms. The molecule has 148 valence electrons. The van der Waals surface area contributed by atoms with Crippen LogP contribution in [-0.2, 0) is 22.6 Å². The van der Waals surface area contributed by atoms with E-state index < -0.39 is 6.04 Å². The lowest BCUT2D eigenvalue weighted by molar-refractivity contribution is -0.120. The van der Waals surface area contributed by atoms with E-state index >= 15 is 0 Å². The molecule has 2 aromatic rings. The van der Waals surface area contributed by atoms with Crippen LogP contribution >= 0.6 is 0 Å². The summed E-state index contributed by atoms with van der Waals surface area (Å²) in [5, 5.41) is 2.96. The van der Waals surface area contributed by atoms with Crippen LogP contribution < -0.4 is 16.0 Å².